The summed E-state index contributed by atoms with van der Waals surface area (Å²) in [5.41, 5.74) is 0.570. The molecule has 0 fully saturated rings. The number of hydrogen-bond acceptors (Lipinski definition) is 5. The quantitative estimate of drug-likeness (QED) is 0.816. The lowest BCUT2D eigenvalue weighted by Gasteiger charge is -2.12. The Bertz CT molecular complexity index is 671. The molecule has 1 aromatic heterocycles. The maximum atomic E-state index is 11.9. The van der Waals surface area contributed by atoms with Crippen molar-refractivity contribution in [3.8, 4) is 11.5 Å². The first-order valence-corrected chi connectivity index (χ1v) is 7.94. The van der Waals surface area contributed by atoms with E-state index in [9.17, 15) is 9.59 Å². The molecule has 0 atom stereocenters. The standard InChI is InChI=1S/C16H18N2O4S/c1-3-22-12-7-6-11(9-13(12)21-2)18-15(19)10-17-16(20)14-5-4-8-23-14/h4-9H,3,10H2,1-2H3,(H,17,20)(H,18,19). The molecule has 6 nitrogen and oxygen atoms in total. The van der Waals surface area contributed by atoms with E-state index in [1.807, 2.05) is 6.92 Å². The molecule has 2 amide bonds. The zero-order valence-corrected chi connectivity index (χ0v) is 13.7. The van der Waals surface area contributed by atoms with Crippen LogP contribution in [0.1, 0.15) is 16.6 Å². The van der Waals surface area contributed by atoms with Gasteiger partial charge in [-0.25, -0.2) is 0 Å². The van der Waals surface area contributed by atoms with Crippen molar-refractivity contribution in [2.45, 2.75) is 6.92 Å². The maximum Gasteiger partial charge on any atom is 0.261 e. The SMILES string of the molecule is CCOc1ccc(NC(=O)CNC(=O)c2cccs2)cc1OC. The normalized spacial score (nSPS) is 10.0. The fourth-order valence-electron chi connectivity index (χ4n) is 1.88. The van der Waals surface area contributed by atoms with Gasteiger partial charge in [0.05, 0.1) is 25.1 Å². The van der Waals surface area contributed by atoms with Crippen LogP contribution in [0.3, 0.4) is 0 Å². The molecular formula is C16H18N2O4S. The molecule has 1 heterocycles. The number of rotatable bonds is 7. The van der Waals surface area contributed by atoms with Crippen LogP contribution in [0.2, 0.25) is 0 Å². The van der Waals surface area contributed by atoms with Crippen molar-refractivity contribution >= 4 is 28.8 Å². The van der Waals surface area contributed by atoms with E-state index in [1.54, 1.807) is 35.7 Å². The molecular weight excluding hydrogens is 316 g/mol. The van der Waals surface area contributed by atoms with Crippen molar-refractivity contribution in [1.29, 1.82) is 0 Å². The van der Waals surface area contributed by atoms with Crippen LogP contribution >= 0.6 is 11.3 Å². The van der Waals surface area contributed by atoms with Crippen LogP contribution in [0.15, 0.2) is 35.7 Å². The van der Waals surface area contributed by atoms with E-state index in [0.717, 1.165) is 0 Å². The van der Waals surface area contributed by atoms with Crippen molar-refractivity contribution in [3.05, 3.63) is 40.6 Å². The topological polar surface area (TPSA) is 76.7 Å². The fourth-order valence-corrected chi connectivity index (χ4v) is 2.52. The molecule has 0 saturated heterocycles. The average Bonchev–Trinajstić information content (AvgIpc) is 3.09. The summed E-state index contributed by atoms with van der Waals surface area (Å²) in [7, 11) is 1.53. The highest BCUT2D eigenvalue weighted by molar-refractivity contribution is 7.12. The highest BCUT2D eigenvalue weighted by Gasteiger charge is 2.10. The summed E-state index contributed by atoms with van der Waals surface area (Å²) >= 11 is 1.32. The van der Waals surface area contributed by atoms with Gasteiger partial charge in [0, 0.05) is 11.8 Å². The van der Waals surface area contributed by atoms with Crippen molar-refractivity contribution in [3.63, 3.8) is 0 Å². The summed E-state index contributed by atoms with van der Waals surface area (Å²) in [5, 5.41) is 7.08. The lowest BCUT2D eigenvalue weighted by atomic mass is 10.2. The summed E-state index contributed by atoms with van der Waals surface area (Å²) in [5.74, 6) is 0.562. The molecule has 0 aliphatic carbocycles. The van der Waals surface area contributed by atoms with E-state index in [0.29, 0.717) is 28.7 Å². The van der Waals surface area contributed by atoms with Crippen LogP contribution < -0.4 is 20.1 Å². The average molecular weight is 334 g/mol. The molecule has 1 aromatic carbocycles. The molecule has 2 aromatic rings. The van der Waals surface area contributed by atoms with Gasteiger partial charge in [-0.3, -0.25) is 9.59 Å². The van der Waals surface area contributed by atoms with E-state index in [1.165, 1.54) is 18.4 Å². The largest absolute Gasteiger partial charge is 0.493 e. The summed E-state index contributed by atoms with van der Waals surface area (Å²) in [6.45, 7) is 2.30. The van der Waals surface area contributed by atoms with Gasteiger partial charge in [-0.2, -0.15) is 0 Å². The summed E-state index contributed by atoms with van der Waals surface area (Å²) in [6, 6.07) is 8.60. The zero-order valence-electron chi connectivity index (χ0n) is 12.9. The number of carbonyl (C=O) groups is 2. The fraction of sp³-hybridized carbons (Fsp3) is 0.250. The van der Waals surface area contributed by atoms with Crippen LogP contribution in [0.4, 0.5) is 5.69 Å². The lowest BCUT2D eigenvalue weighted by Crippen LogP contribution is -2.32. The van der Waals surface area contributed by atoms with Gasteiger partial charge in [0.2, 0.25) is 5.91 Å². The van der Waals surface area contributed by atoms with E-state index in [2.05, 4.69) is 10.6 Å². The number of nitrogens with one attached hydrogen (secondary N) is 2. The number of amides is 2. The predicted molar refractivity (Wildman–Crippen MR) is 89.4 cm³/mol. The van der Waals surface area contributed by atoms with Gasteiger partial charge >= 0.3 is 0 Å². The number of thiophene rings is 1. The second-order valence-corrected chi connectivity index (χ2v) is 5.45. The molecule has 0 aliphatic rings. The first-order chi connectivity index (χ1) is 11.1. The maximum absolute atomic E-state index is 11.9. The van der Waals surface area contributed by atoms with Gasteiger partial charge in [-0.1, -0.05) is 6.07 Å². The van der Waals surface area contributed by atoms with E-state index in [4.69, 9.17) is 9.47 Å². The second kappa shape index (κ2) is 8.19. The highest BCUT2D eigenvalue weighted by atomic mass is 32.1. The second-order valence-electron chi connectivity index (χ2n) is 4.51. The molecule has 0 radical (unpaired) electrons. The minimum absolute atomic E-state index is 0.105. The van der Waals surface area contributed by atoms with Gasteiger partial charge < -0.3 is 20.1 Å². The van der Waals surface area contributed by atoms with Crippen LogP contribution in [0.5, 0.6) is 11.5 Å². The van der Waals surface area contributed by atoms with Gasteiger partial charge in [0.1, 0.15) is 0 Å². The predicted octanol–water partition coefficient (Wildman–Crippen LogP) is 2.52. The number of hydrogen-bond donors (Lipinski definition) is 2. The molecule has 23 heavy (non-hydrogen) atoms. The van der Waals surface area contributed by atoms with Crippen molar-refractivity contribution in [2.75, 3.05) is 25.6 Å². The van der Waals surface area contributed by atoms with Crippen LogP contribution in [0.25, 0.3) is 0 Å². The first kappa shape index (κ1) is 16.8. The number of benzene rings is 1. The molecule has 2 N–H and O–H groups in total. The molecule has 0 unspecified atom stereocenters. The summed E-state index contributed by atoms with van der Waals surface area (Å²) in [6.07, 6.45) is 0. The van der Waals surface area contributed by atoms with Crippen molar-refractivity contribution < 1.29 is 19.1 Å². The van der Waals surface area contributed by atoms with E-state index in [-0.39, 0.29) is 18.4 Å². The van der Waals surface area contributed by atoms with Gasteiger partial charge in [0.25, 0.3) is 5.91 Å². The van der Waals surface area contributed by atoms with Crippen LogP contribution in [-0.4, -0.2) is 32.1 Å². The Labute approximate surface area is 138 Å². The Morgan fingerprint density at radius 2 is 2.04 bits per heavy atom. The summed E-state index contributed by atoms with van der Waals surface area (Å²) in [4.78, 5) is 24.2. The third kappa shape index (κ3) is 4.72. The Hall–Kier alpha value is -2.54. The molecule has 0 aliphatic heterocycles. The third-order valence-electron chi connectivity index (χ3n) is 2.90. The number of methoxy groups -OCH3 is 1. The Morgan fingerprint density at radius 3 is 2.70 bits per heavy atom. The molecule has 122 valence electrons. The monoisotopic (exact) mass is 334 g/mol. The zero-order chi connectivity index (χ0) is 16.7. The third-order valence-corrected chi connectivity index (χ3v) is 3.77. The van der Waals surface area contributed by atoms with Crippen LogP contribution in [0, 0.1) is 0 Å². The van der Waals surface area contributed by atoms with Gasteiger partial charge in [-0.15, -0.1) is 11.3 Å². The van der Waals surface area contributed by atoms with Crippen molar-refractivity contribution in [2.24, 2.45) is 0 Å². The smallest absolute Gasteiger partial charge is 0.261 e. The number of anilines is 1. The molecule has 0 spiro atoms. The lowest BCUT2D eigenvalue weighted by molar-refractivity contribution is -0.115. The first-order valence-electron chi connectivity index (χ1n) is 7.06. The molecule has 7 heteroatoms. The molecule has 0 saturated carbocycles. The Kier molecular flexibility index (Phi) is 5.99. The molecule has 2 rings (SSSR count). The van der Waals surface area contributed by atoms with Crippen molar-refractivity contribution in [1.82, 2.24) is 5.32 Å². The Morgan fingerprint density at radius 1 is 1.22 bits per heavy atom. The minimum atomic E-state index is -0.318. The van der Waals surface area contributed by atoms with E-state index >= 15 is 0 Å². The van der Waals surface area contributed by atoms with Gasteiger partial charge in [-0.05, 0) is 30.5 Å². The minimum Gasteiger partial charge on any atom is -0.493 e. The number of carbonyl (C=O) groups excluding carboxylic acids is 2. The molecule has 0 bridgehead atoms. The van der Waals surface area contributed by atoms with E-state index < -0.39 is 0 Å². The van der Waals surface area contributed by atoms with Gasteiger partial charge in [0.15, 0.2) is 11.5 Å². The number of ether oxygens (including phenoxy) is 2. The summed E-state index contributed by atoms with van der Waals surface area (Å²) < 4.78 is 10.6. The van der Waals surface area contributed by atoms with Crippen LogP contribution in [-0.2, 0) is 4.79 Å². The Balaban J connectivity index is 1.91. The highest BCUT2D eigenvalue weighted by Crippen LogP contribution is 2.30.